The lowest BCUT2D eigenvalue weighted by Gasteiger charge is -2.15. The number of carbonyl (C=O) groups is 4. The minimum atomic E-state index is -0.971. The minimum Gasteiger partial charge on any atom is -0.494 e. The van der Waals surface area contributed by atoms with E-state index in [2.05, 4.69) is 10.6 Å². The Labute approximate surface area is 157 Å². The topological polar surface area (TPSA) is 114 Å². The molecule has 1 heterocycles. The first kappa shape index (κ1) is 20.2. The highest BCUT2D eigenvalue weighted by Gasteiger charge is 2.28. The monoisotopic (exact) mass is 377 g/mol. The van der Waals surface area contributed by atoms with Crippen LogP contribution in [0, 0.1) is 0 Å². The van der Waals surface area contributed by atoms with Gasteiger partial charge in [0, 0.05) is 18.7 Å². The third kappa shape index (κ3) is 5.98. The van der Waals surface area contributed by atoms with E-state index in [1.165, 1.54) is 6.92 Å². The second-order valence-corrected chi connectivity index (χ2v) is 5.89. The minimum absolute atomic E-state index is 0.00225. The molecule has 0 saturated carbocycles. The number of ether oxygens (including phenoxy) is 2. The first-order valence-electron chi connectivity index (χ1n) is 8.72. The van der Waals surface area contributed by atoms with Crippen LogP contribution in [0.2, 0.25) is 0 Å². The standard InChI is InChI=1S/C18H23N3O6/c1-3-26-14-8-6-13(7-9-14)20-17(24)12(2)27-16(23)5-4-10-21-15(22)11-19-18(21)25/h6-9,12H,3-5,10-11H2,1-2H3,(H,19,25)(H,20,24)/t12-/m1/s1. The maximum atomic E-state index is 12.1. The fourth-order valence-corrected chi connectivity index (χ4v) is 2.42. The number of carbonyl (C=O) groups excluding carboxylic acids is 4. The molecule has 146 valence electrons. The second kappa shape index (κ2) is 9.56. The van der Waals surface area contributed by atoms with Gasteiger partial charge in [-0.3, -0.25) is 19.3 Å². The zero-order valence-electron chi connectivity index (χ0n) is 15.3. The fraction of sp³-hybridized carbons (Fsp3) is 0.444. The molecule has 0 spiro atoms. The lowest BCUT2D eigenvalue weighted by atomic mass is 10.2. The van der Waals surface area contributed by atoms with Crippen molar-refractivity contribution in [3.63, 3.8) is 0 Å². The van der Waals surface area contributed by atoms with E-state index in [9.17, 15) is 19.2 Å². The lowest BCUT2D eigenvalue weighted by Crippen LogP contribution is -2.33. The van der Waals surface area contributed by atoms with Crippen molar-refractivity contribution in [3.05, 3.63) is 24.3 Å². The molecule has 1 aliphatic rings. The van der Waals surface area contributed by atoms with E-state index in [1.807, 2.05) is 6.92 Å². The first-order valence-corrected chi connectivity index (χ1v) is 8.72. The molecule has 1 saturated heterocycles. The fourth-order valence-electron chi connectivity index (χ4n) is 2.42. The van der Waals surface area contributed by atoms with E-state index in [0.29, 0.717) is 18.0 Å². The number of urea groups is 1. The summed E-state index contributed by atoms with van der Waals surface area (Å²) in [6, 6.07) is 6.37. The zero-order chi connectivity index (χ0) is 19.8. The molecule has 0 unspecified atom stereocenters. The number of nitrogens with one attached hydrogen (secondary N) is 2. The summed E-state index contributed by atoms with van der Waals surface area (Å²) in [5, 5.41) is 5.05. The van der Waals surface area contributed by atoms with Crippen molar-refractivity contribution >= 4 is 29.5 Å². The molecule has 0 aliphatic carbocycles. The molecule has 0 aromatic heterocycles. The van der Waals surface area contributed by atoms with Crippen LogP contribution in [0.5, 0.6) is 5.75 Å². The summed E-state index contributed by atoms with van der Waals surface area (Å²) in [7, 11) is 0. The SMILES string of the molecule is CCOc1ccc(NC(=O)[C@@H](C)OC(=O)CCCN2C(=O)CNC2=O)cc1. The van der Waals surface area contributed by atoms with E-state index in [0.717, 1.165) is 4.90 Å². The van der Waals surface area contributed by atoms with Crippen LogP contribution in [0.15, 0.2) is 24.3 Å². The van der Waals surface area contributed by atoms with Gasteiger partial charge in [0.15, 0.2) is 6.10 Å². The first-order chi connectivity index (χ1) is 12.9. The summed E-state index contributed by atoms with van der Waals surface area (Å²) in [5.74, 6) is -0.658. The van der Waals surface area contributed by atoms with E-state index < -0.39 is 24.0 Å². The smallest absolute Gasteiger partial charge is 0.324 e. The van der Waals surface area contributed by atoms with Gasteiger partial charge in [-0.2, -0.15) is 0 Å². The number of esters is 1. The third-order valence-corrected chi connectivity index (χ3v) is 3.81. The molecule has 0 radical (unpaired) electrons. The van der Waals surface area contributed by atoms with Gasteiger partial charge in [-0.1, -0.05) is 0 Å². The van der Waals surface area contributed by atoms with E-state index >= 15 is 0 Å². The van der Waals surface area contributed by atoms with Crippen LogP contribution in [-0.2, 0) is 19.1 Å². The van der Waals surface area contributed by atoms with Crippen LogP contribution >= 0.6 is 0 Å². The van der Waals surface area contributed by atoms with Crippen LogP contribution in [0.1, 0.15) is 26.7 Å². The van der Waals surface area contributed by atoms with Gasteiger partial charge in [0.2, 0.25) is 5.91 Å². The Kier molecular flexibility index (Phi) is 7.16. The second-order valence-electron chi connectivity index (χ2n) is 5.89. The normalized spacial score (nSPS) is 14.5. The number of imide groups is 1. The molecule has 1 aliphatic heterocycles. The van der Waals surface area contributed by atoms with Gasteiger partial charge in [0.1, 0.15) is 5.75 Å². The number of hydrogen-bond acceptors (Lipinski definition) is 6. The molecule has 9 nitrogen and oxygen atoms in total. The predicted octanol–water partition coefficient (Wildman–Crippen LogP) is 1.29. The third-order valence-electron chi connectivity index (χ3n) is 3.81. The molecule has 4 amide bonds. The summed E-state index contributed by atoms with van der Waals surface area (Å²) >= 11 is 0. The quantitative estimate of drug-likeness (QED) is 0.495. The molecule has 1 atom stereocenters. The Morgan fingerprint density at radius 2 is 1.96 bits per heavy atom. The van der Waals surface area contributed by atoms with Gasteiger partial charge in [-0.05, 0) is 44.5 Å². The molecule has 1 aromatic carbocycles. The van der Waals surface area contributed by atoms with Gasteiger partial charge >= 0.3 is 12.0 Å². The van der Waals surface area contributed by atoms with Crippen LogP contribution < -0.4 is 15.4 Å². The summed E-state index contributed by atoms with van der Waals surface area (Å²) in [4.78, 5) is 47.8. The van der Waals surface area contributed by atoms with Crippen LogP contribution in [0.4, 0.5) is 10.5 Å². The van der Waals surface area contributed by atoms with Crippen LogP contribution in [0.3, 0.4) is 0 Å². The lowest BCUT2D eigenvalue weighted by molar-refractivity contribution is -0.153. The van der Waals surface area contributed by atoms with Crippen molar-refractivity contribution in [2.75, 3.05) is 25.0 Å². The highest BCUT2D eigenvalue weighted by Crippen LogP contribution is 2.16. The van der Waals surface area contributed by atoms with Crippen molar-refractivity contribution in [3.8, 4) is 5.75 Å². The highest BCUT2D eigenvalue weighted by molar-refractivity contribution is 6.01. The zero-order valence-corrected chi connectivity index (χ0v) is 15.3. The van der Waals surface area contributed by atoms with Crippen molar-refractivity contribution in [2.24, 2.45) is 0 Å². The summed E-state index contributed by atoms with van der Waals surface area (Å²) < 4.78 is 10.4. The van der Waals surface area contributed by atoms with Crippen LogP contribution in [-0.4, -0.2) is 54.5 Å². The summed E-state index contributed by atoms with van der Waals surface area (Å²) in [6.45, 7) is 4.01. The Morgan fingerprint density at radius 3 is 2.56 bits per heavy atom. The molecule has 27 heavy (non-hydrogen) atoms. The molecule has 2 rings (SSSR count). The molecule has 1 fully saturated rings. The van der Waals surface area contributed by atoms with Crippen molar-refractivity contribution in [1.82, 2.24) is 10.2 Å². The predicted molar refractivity (Wildman–Crippen MR) is 96.1 cm³/mol. The Morgan fingerprint density at radius 1 is 1.26 bits per heavy atom. The van der Waals surface area contributed by atoms with Crippen molar-refractivity contribution in [2.45, 2.75) is 32.8 Å². The Hall–Kier alpha value is -3.10. The Balaban J connectivity index is 1.72. The number of hydrogen-bond donors (Lipinski definition) is 2. The van der Waals surface area contributed by atoms with Crippen molar-refractivity contribution < 1.29 is 28.7 Å². The maximum absolute atomic E-state index is 12.1. The molecular weight excluding hydrogens is 354 g/mol. The largest absolute Gasteiger partial charge is 0.494 e. The summed E-state index contributed by atoms with van der Waals surface area (Å²) in [6.07, 6.45) is -0.705. The number of rotatable bonds is 9. The van der Waals surface area contributed by atoms with Gasteiger partial charge in [0.05, 0.1) is 13.2 Å². The summed E-state index contributed by atoms with van der Waals surface area (Å²) in [5.41, 5.74) is 0.560. The molecule has 1 aromatic rings. The molecule has 0 bridgehead atoms. The molecular formula is C18H23N3O6. The number of amides is 4. The Bertz CT molecular complexity index is 688. The van der Waals surface area contributed by atoms with Crippen LogP contribution in [0.25, 0.3) is 0 Å². The average molecular weight is 377 g/mol. The number of anilines is 1. The van der Waals surface area contributed by atoms with Gasteiger partial charge in [0.25, 0.3) is 5.91 Å². The molecule has 2 N–H and O–H groups in total. The molecule has 9 heteroatoms. The average Bonchev–Trinajstić information content (AvgIpc) is 2.95. The van der Waals surface area contributed by atoms with Gasteiger partial charge < -0.3 is 20.1 Å². The van der Waals surface area contributed by atoms with Gasteiger partial charge in [-0.15, -0.1) is 0 Å². The maximum Gasteiger partial charge on any atom is 0.324 e. The van der Waals surface area contributed by atoms with Gasteiger partial charge in [-0.25, -0.2) is 4.79 Å². The number of benzene rings is 1. The highest BCUT2D eigenvalue weighted by atomic mass is 16.5. The van der Waals surface area contributed by atoms with E-state index in [1.54, 1.807) is 24.3 Å². The van der Waals surface area contributed by atoms with Crippen molar-refractivity contribution in [1.29, 1.82) is 0 Å². The van der Waals surface area contributed by atoms with E-state index in [-0.39, 0.29) is 31.8 Å². The van der Waals surface area contributed by atoms with E-state index in [4.69, 9.17) is 9.47 Å². The number of nitrogens with zero attached hydrogens (tertiary/aromatic N) is 1.